The molecule has 0 saturated carbocycles. The van der Waals surface area contributed by atoms with Crippen LogP contribution in [0.1, 0.15) is 71.1 Å². The van der Waals surface area contributed by atoms with Gasteiger partial charge in [-0.2, -0.15) is 0 Å². The standard InChI is InChI=1S/C17H32O4/c1-2-3-4-5-6-7-8-9-10-11-12-19-13-16-14-20-15-17(18)21-16/h16H,2-15H2,1H3. The topological polar surface area (TPSA) is 44.8 Å². The van der Waals surface area contributed by atoms with Crippen molar-refractivity contribution < 1.29 is 19.0 Å². The number of hydrogen-bond donors (Lipinski definition) is 0. The lowest BCUT2D eigenvalue weighted by Crippen LogP contribution is -2.36. The van der Waals surface area contributed by atoms with Crippen LogP contribution in [-0.2, 0) is 19.0 Å². The van der Waals surface area contributed by atoms with Gasteiger partial charge in [-0.1, -0.05) is 64.7 Å². The first kappa shape index (κ1) is 18.4. The fraction of sp³-hybridized carbons (Fsp3) is 0.941. The Morgan fingerprint density at radius 3 is 2.24 bits per heavy atom. The monoisotopic (exact) mass is 300 g/mol. The summed E-state index contributed by atoms with van der Waals surface area (Å²) in [7, 11) is 0. The van der Waals surface area contributed by atoms with Gasteiger partial charge in [-0.05, 0) is 6.42 Å². The van der Waals surface area contributed by atoms with Crippen molar-refractivity contribution in [3.05, 3.63) is 0 Å². The van der Waals surface area contributed by atoms with Gasteiger partial charge in [-0.15, -0.1) is 0 Å². The highest BCUT2D eigenvalue weighted by molar-refractivity contribution is 5.71. The van der Waals surface area contributed by atoms with Crippen LogP contribution in [0.25, 0.3) is 0 Å². The molecule has 1 fully saturated rings. The third kappa shape index (κ3) is 10.7. The number of esters is 1. The maximum Gasteiger partial charge on any atom is 0.332 e. The summed E-state index contributed by atoms with van der Waals surface area (Å²) in [5.74, 6) is -0.284. The van der Waals surface area contributed by atoms with Crippen LogP contribution < -0.4 is 0 Å². The van der Waals surface area contributed by atoms with E-state index in [-0.39, 0.29) is 18.7 Å². The third-order valence-corrected chi connectivity index (χ3v) is 3.77. The predicted molar refractivity (Wildman–Crippen MR) is 83.4 cm³/mol. The van der Waals surface area contributed by atoms with Crippen LogP contribution in [0.3, 0.4) is 0 Å². The zero-order chi connectivity index (χ0) is 15.2. The normalized spacial score (nSPS) is 18.7. The van der Waals surface area contributed by atoms with E-state index in [9.17, 15) is 4.79 Å². The van der Waals surface area contributed by atoms with Crippen molar-refractivity contribution in [1.29, 1.82) is 0 Å². The average Bonchev–Trinajstić information content (AvgIpc) is 2.48. The number of ether oxygens (including phenoxy) is 3. The second kappa shape index (κ2) is 13.1. The summed E-state index contributed by atoms with van der Waals surface area (Å²) < 4.78 is 15.7. The third-order valence-electron chi connectivity index (χ3n) is 3.77. The zero-order valence-electron chi connectivity index (χ0n) is 13.6. The van der Waals surface area contributed by atoms with E-state index >= 15 is 0 Å². The van der Waals surface area contributed by atoms with Crippen LogP contribution in [-0.4, -0.2) is 38.5 Å². The number of carbonyl (C=O) groups excluding carboxylic acids is 1. The molecule has 0 aromatic rings. The van der Waals surface area contributed by atoms with Crippen LogP contribution >= 0.6 is 0 Å². The van der Waals surface area contributed by atoms with E-state index < -0.39 is 0 Å². The van der Waals surface area contributed by atoms with Crippen LogP contribution in [0.4, 0.5) is 0 Å². The molecule has 0 spiro atoms. The molecule has 1 atom stereocenters. The second-order valence-corrected chi connectivity index (χ2v) is 5.88. The molecule has 0 aromatic heterocycles. The zero-order valence-corrected chi connectivity index (χ0v) is 13.6. The van der Waals surface area contributed by atoms with E-state index in [0.717, 1.165) is 13.0 Å². The minimum absolute atomic E-state index is 0.0783. The van der Waals surface area contributed by atoms with Crippen molar-refractivity contribution in [3.63, 3.8) is 0 Å². The minimum atomic E-state index is -0.284. The molecular weight excluding hydrogens is 268 g/mol. The summed E-state index contributed by atoms with van der Waals surface area (Å²) in [4.78, 5) is 11.0. The van der Waals surface area contributed by atoms with Crippen LogP contribution in [0.5, 0.6) is 0 Å². The summed E-state index contributed by atoms with van der Waals surface area (Å²) in [5, 5.41) is 0. The van der Waals surface area contributed by atoms with Gasteiger partial charge in [0.2, 0.25) is 0 Å². The number of rotatable bonds is 13. The quantitative estimate of drug-likeness (QED) is 0.382. The van der Waals surface area contributed by atoms with Gasteiger partial charge in [0.1, 0.15) is 12.7 Å². The summed E-state index contributed by atoms with van der Waals surface area (Å²) in [5.41, 5.74) is 0. The Hall–Kier alpha value is -0.610. The molecule has 1 rings (SSSR count). The molecular formula is C17H32O4. The lowest BCUT2D eigenvalue weighted by molar-refractivity contribution is -0.175. The molecule has 0 N–H and O–H groups in total. The molecule has 21 heavy (non-hydrogen) atoms. The van der Waals surface area contributed by atoms with Crippen molar-refractivity contribution in [2.24, 2.45) is 0 Å². The fourth-order valence-electron chi connectivity index (χ4n) is 2.52. The molecule has 0 aromatic carbocycles. The van der Waals surface area contributed by atoms with Gasteiger partial charge in [0.15, 0.2) is 0 Å². The van der Waals surface area contributed by atoms with E-state index in [2.05, 4.69) is 6.92 Å². The maximum atomic E-state index is 11.0. The number of unbranched alkanes of at least 4 members (excludes halogenated alkanes) is 9. The SMILES string of the molecule is CCCCCCCCCCCCOCC1COCC(=O)O1. The summed E-state index contributed by atoms with van der Waals surface area (Å²) >= 11 is 0. The Kier molecular flexibility index (Phi) is 11.5. The van der Waals surface area contributed by atoms with Crippen molar-refractivity contribution in [2.45, 2.75) is 77.2 Å². The fourth-order valence-corrected chi connectivity index (χ4v) is 2.52. The van der Waals surface area contributed by atoms with Gasteiger partial charge in [-0.25, -0.2) is 4.79 Å². The van der Waals surface area contributed by atoms with Crippen LogP contribution in [0.15, 0.2) is 0 Å². The highest BCUT2D eigenvalue weighted by atomic mass is 16.6. The highest BCUT2D eigenvalue weighted by Gasteiger charge is 2.20. The molecule has 1 saturated heterocycles. The Labute approximate surface area is 129 Å². The van der Waals surface area contributed by atoms with Crippen LogP contribution in [0.2, 0.25) is 0 Å². The molecule has 0 aliphatic carbocycles. The molecule has 1 aliphatic rings. The van der Waals surface area contributed by atoms with E-state index in [1.807, 2.05) is 0 Å². The van der Waals surface area contributed by atoms with Crippen molar-refractivity contribution in [3.8, 4) is 0 Å². The first-order valence-electron chi connectivity index (χ1n) is 8.68. The van der Waals surface area contributed by atoms with Crippen molar-refractivity contribution >= 4 is 5.97 Å². The molecule has 0 bridgehead atoms. The number of hydrogen-bond acceptors (Lipinski definition) is 4. The lowest BCUT2D eigenvalue weighted by Gasteiger charge is -2.22. The molecule has 1 heterocycles. The van der Waals surface area contributed by atoms with Gasteiger partial charge in [-0.3, -0.25) is 0 Å². The van der Waals surface area contributed by atoms with E-state index in [0.29, 0.717) is 13.2 Å². The molecule has 124 valence electrons. The smallest absolute Gasteiger partial charge is 0.332 e. The lowest BCUT2D eigenvalue weighted by atomic mass is 10.1. The first-order valence-corrected chi connectivity index (χ1v) is 8.68. The van der Waals surface area contributed by atoms with Gasteiger partial charge in [0.05, 0.1) is 13.2 Å². The van der Waals surface area contributed by atoms with Crippen LogP contribution in [0, 0.1) is 0 Å². The summed E-state index contributed by atoms with van der Waals surface area (Å²) in [6.45, 7) is 4.01. The van der Waals surface area contributed by atoms with E-state index in [1.54, 1.807) is 0 Å². The van der Waals surface area contributed by atoms with Gasteiger partial charge in [0, 0.05) is 6.61 Å². The Balaban J connectivity index is 1.75. The van der Waals surface area contributed by atoms with Gasteiger partial charge < -0.3 is 14.2 Å². The molecule has 4 heteroatoms. The molecule has 0 amide bonds. The molecule has 0 radical (unpaired) electrons. The number of carbonyl (C=O) groups is 1. The largest absolute Gasteiger partial charge is 0.456 e. The van der Waals surface area contributed by atoms with E-state index in [1.165, 1.54) is 57.8 Å². The van der Waals surface area contributed by atoms with Gasteiger partial charge in [0.25, 0.3) is 0 Å². The summed E-state index contributed by atoms with van der Waals surface area (Å²) in [6.07, 6.45) is 13.0. The molecule has 1 unspecified atom stereocenters. The Morgan fingerprint density at radius 2 is 1.62 bits per heavy atom. The van der Waals surface area contributed by atoms with E-state index in [4.69, 9.17) is 14.2 Å². The molecule has 1 aliphatic heterocycles. The van der Waals surface area contributed by atoms with Crippen molar-refractivity contribution in [1.82, 2.24) is 0 Å². The first-order chi connectivity index (χ1) is 10.3. The van der Waals surface area contributed by atoms with Crippen molar-refractivity contribution in [2.75, 3.05) is 26.4 Å². The highest BCUT2D eigenvalue weighted by Crippen LogP contribution is 2.10. The number of cyclic esters (lactones) is 1. The van der Waals surface area contributed by atoms with Gasteiger partial charge >= 0.3 is 5.97 Å². The maximum absolute atomic E-state index is 11.0. The Bertz CT molecular complexity index is 255. The summed E-state index contributed by atoms with van der Waals surface area (Å²) in [6, 6.07) is 0. The second-order valence-electron chi connectivity index (χ2n) is 5.88. The predicted octanol–water partition coefficient (Wildman–Crippen LogP) is 3.87. The Morgan fingerprint density at radius 1 is 1.00 bits per heavy atom. The minimum Gasteiger partial charge on any atom is -0.456 e. The average molecular weight is 300 g/mol. The molecule has 4 nitrogen and oxygen atoms in total.